The molecule has 8 nitrogen and oxygen atoms in total. The summed E-state index contributed by atoms with van der Waals surface area (Å²) in [4.78, 5) is 44.5. The highest BCUT2D eigenvalue weighted by atomic mass is 32.2. The lowest BCUT2D eigenvalue weighted by atomic mass is 9.69. The van der Waals surface area contributed by atoms with E-state index in [-0.39, 0.29) is 22.4 Å². The van der Waals surface area contributed by atoms with E-state index in [1.807, 2.05) is 13.8 Å². The van der Waals surface area contributed by atoms with E-state index in [2.05, 4.69) is 15.3 Å². The predicted octanol–water partition coefficient (Wildman–Crippen LogP) is 3.60. The minimum absolute atomic E-state index is 0.106. The van der Waals surface area contributed by atoms with Gasteiger partial charge >= 0.3 is 0 Å². The minimum Gasteiger partial charge on any atom is -0.343 e. The van der Waals surface area contributed by atoms with E-state index in [0.29, 0.717) is 40.6 Å². The van der Waals surface area contributed by atoms with Gasteiger partial charge in [-0.1, -0.05) is 43.8 Å². The van der Waals surface area contributed by atoms with E-state index in [4.69, 9.17) is 0 Å². The second-order valence-corrected chi connectivity index (χ2v) is 8.84. The lowest BCUT2D eigenvalue weighted by Gasteiger charge is -2.38. The first-order valence-corrected chi connectivity index (χ1v) is 10.4. The molecule has 0 radical (unpaired) electrons. The number of anilines is 1. The first kappa shape index (κ1) is 19.4. The number of benzene rings is 1. The van der Waals surface area contributed by atoms with Crippen LogP contribution in [0.3, 0.4) is 0 Å². The molecule has 1 aliphatic carbocycles. The summed E-state index contributed by atoms with van der Waals surface area (Å²) >= 11 is 1.29. The van der Waals surface area contributed by atoms with E-state index in [1.54, 1.807) is 24.5 Å². The topological polar surface area (TPSA) is 118 Å². The summed E-state index contributed by atoms with van der Waals surface area (Å²) in [7, 11) is 0. The molecular formula is C20H20N4O4S. The number of carbonyl (C=O) groups is 1. The van der Waals surface area contributed by atoms with Crippen molar-refractivity contribution in [3.63, 3.8) is 0 Å². The lowest BCUT2D eigenvalue weighted by molar-refractivity contribution is -0.385. The number of H-pyrrole nitrogens is 1. The van der Waals surface area contributed by atoms with Gasteiger partial charge < -0.3 is 10.3 Å². The molecule has 150 valence electrons. The van der Waals surface area contributed by atoms with E-state index in [1.165, 1.54) is 17.8 Å². The lowest BCUT2D eigenvalue weighted by Crippen LogP contribution is -2.37. The number of rotatable bonds is 3. The maximum atomic E-state index is 13.1. The number of Topliss-reactive ketones (excluding diaryl/α,β-unsaturated/α-hetero) is 1. The Hall–Kier alpha value is -2.94. The molecule has 1 aromatic heterocycles. The van der Waals surface area contributed by atoms with Gasteiger partial charge in [-0.3, -0.25) is 19.7 Å². The molecule has 0 unspecified atom stereocenters. The first-order valence-electron chi connectivity index (χ1n) is 9.16. The summed E-state index contributed by atoms with van der Waals surface area (Å²) in [5, 5.41) is 15.3. The molecular weight excluding hydrogens is 392 g/mol. The first-order chi connectivity index (χ1) is 13.7. The maximum Gasteiger partial charge on any atom is 0.273 e. The van der Waals surface area contributed by atoms with Crippen LogP contribution in [0.1, 0.15) is 43.7 Å². The van der Waals surface area contributed by atoms with Crippen molar-refractivity contribution >= 4 is 29.1 Å². The summed E-state index contributed by atoms with van der Waals surface area (Å²) in [5.74, 6) is -0.588. The van der Waals surface area contributed by atoms with Crippen LogP contribution in [-0.4, -0.2) is 26.9 Å². The summed E-state index contributed by atoms with van der Waals surface area (Å²) in [5.41, 5.74) is 0.899. The van der Waals surface area contributed by atoms with Crippen LogP contribution in [0, 0.1) is 15.5 Å². The number of nitrogens with zero attached hydrogens (tertiary/aromatic N) is 2. The van der Waals surface area contributed by atoms with Crippen molar-refractivity contribution in [1.29, 1.82) is 0 Å². The zero-order chi connectivity index (χ0) is 20.9. The van der Waals surface area contributed by atoms with Crippen LogP contribution in [0.25, 0.3) is 0 Å². The van der Waals surface area contributed by atoms with Gasteiger partial charge in [0.2, 0.25) is 0 Å². The van der Waals surface area contributed by atoms with Gasteiger partial charge in [0.25, 0.3) is 11.2 Å². The molecule has 0 spiro atoms. The van der Waals surface area contributed by atoms with Crippen molar-refractivity contribution in [2.75, 3.05) is 11.6 Å². The number of para-hydroxylation sites is 1. The molecule has 1 atom stereocenters. The van der Waals surface area contributed by atoms with Crippen LogP contribution < -0.4 is 10.9 Å². The van der Waals surface area contributed by atoms with E-state index < -0.39 is 16.4 Å². The fourth-order valence-electron chi connectivity index (χ4n) is 4.20. The van der Waals surface area contributed by atoms with Crippen molar-refractivity contribution in [3.05, 3.63) is 67.1 Å². The van der Waals surface area contributed by atoms with Crippen LogP contribution >= 0.6 is 11.8 Å². The molecule has 29 heavy (non-hydrogen) atoms. The Morgan fingerprint density at radius 1 is 1.24 bits per heavy atom. The molecule has 2 aliphatic rings. The molecule has 2 aromatic rings. The molecule has 9 heteroatoms. The number of nitrogens with one attached hydrogen (secondary N) is 2. The Morgan fingerprint density at radius 3 is 2.66 bits per heavy atom. The summed E-state index contributed by atoms with van der Waals surface area (Å²) in [6.45, 7) is 4.01. The summed E-state index contributed by atoms with van der Waals surface area (Å²) in [6, 6.07) is 6.26. The highest BCUT2D eigenvalue weighted by molar-refractivity contribution is 7.98. The second kappa shape index (κ2) is 6.84. The Morgan fingerprint density at radius 2 is 1.97 bits per heavy atom. The van der Waals surface area contributed by atoms with Gasteiger partial charge in [0, 0.05) is 29.3 Å². The Balaban J connectivity index is 2.04. The second-order valence-electron chi connectivity index (χ2n) is 8.04. The van der Waals surface area contributed by atoms with Crippen molar-refractivity contribution in [1.82, 2.24) is 9.97 Å². The van der Waals surface area contributed by atoms with Gasteiger partial charge in [-0.25, -0.2) is 4.98 Å². The summed E-state index contributed by atoms with van der Waals surface area (Å²) in [6.07, 6.45) is 2.70. The molecule has 0 fully saturated rings. The number of ketones is 1. The van der Waals surface area contributed by atoms with Crippen LogP contribution in [0.15, 0.2) is 45.5 Å². The van der Waals surface area contributed by atoms with Crippen molar-refractivity contribution in [2.45, 2.75) is 37.8 Å². The van der Waals surface area contributed by atoms with Gasteiger partial charge in [0.15, 0.2) is 10.9 Å². The number of nitro groups is 1. The smallest absolute Gasteiger partial charge is 0.273 e. The standard InChI is InChI=1S/C20H20N4O4S/c1-20(2)8-11-15(13(25)9-20)14(10-6-4-5-7-12(10)24(27)28)16-17(21-11)22-19(29-3)23-18(16)26/h4-7,14H,8-9H2,1-3H3,(H2,21,22,23,26)/t14-/m1/s1. The largest absolute Gasteiger partial charge is 0.343 e. The van der Waals surface area contributed by atoms with E-state index in [9.17, 15) is 19.7 Å². The van der Waals surface area contributed by atoms with Gasteiger partial charge in [-0.15, -0.1) is 0 Å². The average molecular weight is 412 g/mol. The molecule has 2 heterocycles. The Bertz CT molecular complexity index is 1140. The SMILES string of the molecule is CSc1nc2c(c(=O)[nH]1)[C@H](c1ccccc1[N+](=O)[O-])C1=C(CC(C)(C)CC1=O)N2. The highest BCUT2D eigenvalue weighted by Crippen LogP contribution is 2.49. The number of hydrogen-bond acceptors (Lipinski definition) is 7. The molecule has 0 amide bonds. The molecule has 0 saturated heterocycles. The van der Waals surface area contributed by atoms with E-state index >= 15 is 0 Å². The number of allylic oxidation sites excluding steroid dienone is 2. The van der Waals surface area contributed by atoms with Crippen LogP contribution in [0.2, 0.25) is 0 Å². The van der Waals surface area contributed by atoms with Crippen LogP contribution in [-0.2, 0) is 4.79 Å². The van der Waals surface area contributed by atoms with Crippen molar-refractivity contribution < 1.29 is 9.72 Å². The van der Waals surface area contributed by atoms with Gasteiger partial charge in [0.1, 0.15) is 5.82 Å². The zero-order valence-electron chi connectivity index (χ0n) is 16.2. The zero-order valence-corrected chi connectivity index (χ0v) is 17.1. The number of nitro benzene ring substituents is 1. The predicted molar refractivity (Wildman–Crippen MR) is 110 cm³/mol. The van der Waals surface area contributed by atoms with Gasteiger partial charge in [-0.2, -0.15) is 0 Å². The third kappa shape index (κ3) is 3.25. The number of hydrogen-bond donors (Lipinski definition) is 2. The number of fused-ring (bicyclic) bond motifs is 1. The molecule has 4 rings (SSSR count). The fraction of sp³-hybridized carbons (Fsp3) is 0.350. The normalized spacial score (nSPS) is 20.0. The third-order valence-corrected chi connectivity index (χ3v) is 5.92. The minimum atomic E-state index is -0.835. The quantitative estimate of drug-likeness (QED) is 0.342. The number of aromatic nitrogens is 2. The van der Waals surface area contributed by atoms with Crippen molar-refractivity contribution in [3.8, 4) is 0 Å². The monoisotopic (exact) mass is 412 g/mol. The molecule has 1 aliphatic heterocycles. The van der Waals surface area contributed by atoms with Gasteiger partial charge in [-0.05, 0) is 18.1 Å². The number of carbonyl (C=O) groups excluding carboxylic acids is 1. The van der Waals surface area contributed by atoms with Crippen LogP contribution in [0.5, 0.6) is 0 Å². The Kier molecular flexibility index (Phi) is 4.57. The summed E-state index contributed by atoms with van der Waals surface area (Å²) < 4.78 is 0. The Labute approximate surface area is 171 Å². The number of aromatic amines is 1. The average Bonchev–Trinajstić information content (AvgIpc) is 2.65. The van der Waals surface area contributed by atoms with Crippen molar-refractivity contribution in [2.24, 2.45) is 5.41 Å². The molecule has 1 aromatic carbocycles. The maximum absolute atomic E-state index is 13.1. The number of thioether (sulfide) groups is 1. The fourth-order valence-corrected chi connectivity index (χ4v) is 4.58. The molecule has 2 N–H and O–H groups in total. The van der Waals surface area contributed by atoms with Crippen LogP contribution in [0.4, 0.5) is 11.5 Å². The molecule has 0 bridgehead atoms. The highest BCUT2D eigenvalue weighted by Gasteiger charge is 2.44. The third-order valence-electron chi connectivity index (χ3n) is 5.34. The molecule has 0 saturated carbocycles. The van der Waals surface area contributed by atoms with Gasteiger partial charge in [0.05, 0.1) is 16.4 Å². The van der Waals surface area contributed by atoms with E-state index in [0.717, 1.165) is 0 Å².